The molecule has 0 amide bonds. The van der Waals surface area contributed by atoms with Crippen LogP contribution in [0.3, 0.4) is 0 Å². The molecule has 1 aromatic heterocycles. The zero-order chi connectivity index (χ0) is 11.6. The van der Waals surface area contributed by atoms with Crippen molar-refractivity contribution in [3.8, 4) is 0 Å². The second kappa shape index (κ2) is 4.42. The number of aromatic amines is 1. The first kappa shape index (κ1) is 11.4. The van der Waals surface area contributed by atoms with E-state index in [2.05, 4.69) is 20.5 Å². The predicted octanol–water partition coefficient (Wildman–Crippen LogP) is 0.492. The number of H-pyrrole nitrogens is 1. The van der Waals surface area contributed by atoms with Gasteiger partial charge in [-0.05, 0) is 19.8 Å². The Kier molecular flexibility index (Phi) is 3.15. The van der Waals surface area contributed by atoms with E-state index in [9.17, 15) is 9.90 Å². The van der Waals surface area contributed by atoms with Crippen molar-refractivity contribution in [2.24, 2.45) is 0 Å². The SMILES string of the molecule is CC(CSc1ncn[nH]1)(NC1CC1)C(=O)O. The summed E-state index contributed by atoms with van der Waals surface area (Å²) >= 11 is 1.36. The zero-order valence-corrected chi connectivity index (χ0v) is 9.75. The van der Waals surface area contributed by atoms with Gasteiger partial charge in [-0.3, -0.25) is 15.2 Å². The van der Waals surface area contributed by atoms with Gasteiger partial charge < -0.3 is 5.11 Å². The molecule has 1 aromatic rings. The maximum Gasteiger partial charge on any atom is 0.324 e. The Bertz CT molecular complexity index is 366. The van der Waals surface area contributed by atoms with Crippen LogP contribution in [0.15, 0.2) is 11.5 Å². The van der Waals surface area contributed by atoms with E-state index in [0.717, 1.165) is 12.8 Å². The van der Waals surface area contributed by atoms with Gasteiger partial charge in [0, 0.05) is 11.8 Å². The van der Waals surface area contributed by atoms with E-state index < -0.39 is 11.5 Å². The molecule has 0 saturated heterocycles. The normalized spacial score (nSPS) is 19.3. The summed E-state index contributed by atoms with van der Waals surface area (Å²) in [7, 11) is 0. The molecule has 1 fully saturated rings. The third-order valence-corrected chi connectivity index (χ3v) is 3.65. The summed E-state index contributed by atoms with van der Waals surface area (Å²) in [6.45, 7) is 1.71. The zero-order valence-electron chi connectivity index (χ0n) is 8.93. The minimum atomic E-state index is -0.904. The molecule has 3 N–H and O–H groups in total. The van der Waals surface area contributed by atoms with E-state index in [-0.39, 0.29) is 0 Å². The Morgan fingerprint density at radius 2 is 2.56 bits per heavy atom. The number of aliphatic carboxylic acids is 1. The van der Waals surface area contributed by atoms with Crippen LogP contribution in [0.1, 0.15) is 19.8 Å². The van der Waals surface area contributed by atoms with Gasteiger partial charge in [-0.25, -0.2) is 4.98 Å². The van der Waals surface area contributed by atoms with Crippen molar-refractivity contribution in [2.45, 2.75) is 36.5 Å². The lowest BCUT2D eigenvalue weighted by atomic mass is 10.1. The number of hydrogen-bond donors (Lipinski definition) is 3. The summed E-state index contributed by atoms with van der Waals surface area (Å²) in [6, 6.07) is 0.358. The molecule has 1 atom stereocenters. The van der Waals surface area contributed by atoms with E-state index in [0.29, 0.717) is 17.0 Å². The Hall–Kier alpha value is -1.08. The van der Waals surface area contributed by atoms with Gasteiger partial charge in [0.25, 0.3) is 0 Å². The van der Waals surface area contributed by atoms with Crippen LogP contribution in [0.5, 0.6) is 0 Å². The second-order valence-corrected chi connectivity index (χ2v) is 5.10. The number of nitrogens with one attached hydrogen (secondary N) is 2. The van der Waals surface area contributed by atoms with Crippen molar-refractivity contribution in [1.82, 2.24) is 20.5 Å². The van der Waals surface area contributed by atoms with Crippen molar-refractivity contribution in [1.29, 1.82) is 0 Å². The molecule has 0 aromatic carbocycles. The molecule has 1 aliphatic rings. The highest BCUT2D eigenvalue weighted by atomic mass is 32.2. The molecule has 7 heteroatoms. The number of thioether (sulfide) groups is 1. The molecular formula is C9H14N4O2S. The quantitative estimate of drug-likeness (QED) is 0.629. The molecule has 2 rings (SSSR count). The summed E-state index contributed by atoms with van der Waals surface area (Å²) in [5, 5.41) is 19.4. The summed E-state index contributed by atoms with van der Waals surface area (Å²) < 4.78 is 0. The predicted molar refractivity (Wildman–Crippen MR) is 59.3 cm³/mol. The minimum absolute atomic E-state index is 0.358. The van der Waals surface area contributed by atoms with Gasteiger partial charge in [-0.1, -0.05) is 11.8 Å². The molecule has 0 spiro atoms. The number of carboxylic acid groups (broad SMARTS) is 1. The first-order valence-electron chi connectivity index (χ1n) is 5.09. The van der Waals surface area contributed by atoms with Crippen LogP contribution in [0.2, 0.25) is 0 Å². The maximum atomic E-state index is 11.2. The van der Waals surface area contributed by atoms with Gasteiger partial charge in [0.1, 0.15) is 11.9 Å². The van der Waals surface area contributed by atoms with Crippen molar-refractivity contribution >= 4 is 17.7 Å². The van der Waals surface area contributed by atoms with Crippen LogP contribution in [-0.4, -0.2) is 43.6 Å². The van der Waals surface area contributed by atoms with Gasteiger partial charge in [0.2, 0.25) is 0 Å². The van der Waals surface area contributed by atoms with Crippen molar-refractivity contribution < 1.29 is 9.90 Å². The third-order valence-electron chi connectivity index (χ3n) is 2.46. The van der Waals surface area contributed by atoms with Crippen LogP contribution < -0.4 is 5.32 Å². The van der Waals surface area contributed by atoms with Crippen LogP contribution in [0.25, 0.3) is 0 Å². The molecule has 16 heavy (non-hydrogen) atoms. The van der Waals surface area contributed by atoms with E-state index in [1.165, 1.54) is 18.1 Å². The van der Waals surface area contributed by atoms with Gasteiger partial charge in [-0.15, -0.1) is 0 Å². The summed E-state index contributed by atoms with van der Waals surface area (Å²) in [5.41, 5.74) is -0.904. The Morgan fingerprint density at radius 1 is 1.81 bits per heavy atom. The first-order valence-corrected chi connectivity index (χ1v) is 6.08. The largest absolute Gasteiger partial charge is 0.480 e. The molecule has 1 aliphatic carbocycles. The summed E-state index contributed by atoms with van der Waals surface area (Å²) in [5.74, 6) is -0.403. The first-order chi connectivity index (χ1) is 7.60. The average molecular weight is 242 g/mol. The highest BCUT2D eigenvalue weighted by Gasteiger charge is 2.38. The van der Waals surface area contributed by atoms with Crippen LogP contribution in [-0.2, 0) is 4.79 Å². The Morgan fingerprint density at radius 3 is 3.06 bits per heavy atom. The Balaban J connectivity index is 1.93. The molecule has 1 unspecified atom stereocenters. The van der Waals surface area contributed by atoms with E-state index in [4.69, 9.17) is 0 Å². The third kappa shape index (κ3) is 2.73. The smallest absolute Gasteiger partial charge is 0.324 e. The molecule has 1 heterocycles. The lowest BCUT2D eigenvalue weighted by molar-refractivity contribution is -0.143. The minimum Gasteiger partial charge on any atom is -0.480 e. The van der Waals surface area contributed by atoms with E-state index in [1.807, 2.05) is 0 Å². The number of hydrogen-bond acceptors (Lipinski definition) is 5. The number of aromatic nitrogens is 3. The highest BCUT2D eigenvalue weighted by Crippen LogP contribution is 2.26. The molecule has 88 valence electrons. The van der Waals surface area contributed by atoms with Crippen molar-refractivity contribution in [2.75, 3.05) is 5.75 Å². The molecule has 0 radical (unpaired) electrons. The fraction of sp³-hybridized carbons (Fsp3) is 0.667. The average Bonchev–Trinajstić information content (AvgIpc) is 2.89. The van der Waals surface area contributed by atoms with Gasteiger partial charge in [0.15, 0.2) is 5.16 Å². The second-order valence-electron chi connectivity index (χ2n) is 4.14. The highest BCUT2D eigenvalue weighted by molar-refractivity contribution is 7.99. The fourth-order valence-electron chi connectivity index (χ4n) is 1.32. The van der Waals surface area contributed by atoms with E-state index >= 15 is 0 Å². The lowest BCUT2D eigenvalue weighted by Crippen LogP contribution is -2.52. The topological polar surface area (TPSA) is 90.9 Å². The Labute approximate surface area is 97.2 Å². The van der Waals surface area contributed by atoms with Crippen molar-refractivity contribution in [3.63, 3.8) is 0 Å². The van der Waals surface area contributed by atoms with E-state index in [1.54, 1.807) is 6.92 Å². The van der Waals surface area contributed by atoms with Crippen LogP contribution >= 0.6 is 11.8 Å². The fourth-order valence-corrected chi connectivity index (χ4v) is 2.19. The lowest BCUT2D eigenvalue weighted by Gasteiger charge is -2.25. The maximum absolute atomic E-state index is 11.2. The molecule has 0 aliphatic heterocycles. The number of rotatable bonds is 6. The molecule has 6 nitrogen and oxygen atoms in total. The number of carboxylic acids is 1. The molecule has 1 saturated carbocycles. The summed E-state index contributed by atoms with van der Waals surface area (Å²) in [4.78, 5) is 15.2. The number of nitrogens with zero attached hydrogens (tertiary/aromatic N) is 2. The van der Waals surface area contributed by atoms with Gasteiger partial charge >= 0.3 is 5.97 Å². The van der Waals surface area contributed by atoms with Gasteiger partial charge in [0.05, 0.1) is 0 Å². The van der Waals surface area contributed by atoms with Gasteiger partial charge in [-0.2, -0.15) is 5.10 Å². The summed E-state index contributed by atoms with van der Waals surface area (Å²) in [6.07, 6.45) is 3.54. The molecule has 0 bridgehead atoms. The monoisotopic (exact) mass is 242 g/mol. The molecular weight excluding hydrogens is 228 g/mol. The number of carbonyl (C=O) groups is 1. The van der Waals surface area contributed by atoms with Crippen LogP contribution in [0.4, 0.5) is 0 Å². The van der Waals surface area contributed by atoms with Crippen molar-refractivity contribution in [3.05, 3.63) is 6.33 Å². The standard InChI is InChI=1S/C9H14N4O2S/c1-9(7(14)15,12-6-2-3-6)4-16-8-10-5-11-13-8/h5-6,12H,2-4H2,1H3,(H,14,15)(H,10,11,13). The van der Waals surface area contributed by atoms with Crippen LogP contribution in [0, 0.1) is 0 Å².